The summed E-state index contributed by atoms with van der Waals surface area (Å²) >= 11 is 0. The summed E-state index contributed by atoms with van der Waals surface area (Å²) in [5, 5.41) is 23.0. The fraction of sp³-hybridized carbons (Fsp3) is 0.935. The van der Waals surface area contributed by atoms with Crippen molar-refractivity contribution in [3.8, 4) is 0 Å². The quantitative estimate of drug-likeness (QED) is 0.0437. The number of aliphatic hydroxyl groups excluding tert-OH is 2. The van der Waals surface area contributed by atoms with Crippen LogP contribution in [-0.2, 0) is 4.79 Å². The van der Waals surface area contributed by atoms with Crippen LogP contribution in [0.25, 0.3) is 0 Å². The number of carbonyl (C=O) groups excluding carboxylic acids is 1. The van der Waals surface area contributed by atoms with E-state index in [1.807, 2.05) is 6.08 Å². The maximum absolute atomic E-state index is 12.4. The zero-order valence-electron chi connectivity index (χ0n) is 34.2. The summed E-state index contributed by atoms with van der Waals surface area (Å²) in [6, 6.07) is -0.615. The van der Waals surface area contributed by atoms with E-state index in [4.69, 9.17) is 0 Å². The number of hydrogen-bond donors (Lipinski definition) is 3. The average Bonchev–Trinajstić information content (AvgIpc) is 3.12. The molecule has 0 saturated heterocycles. The van der Waals surface area contributed by atoms with Crippen LogP contribution < -0.4 is 5.32 Å². The van der Waals surface area contributed by atoms with Crippen molar-refractivity contribution in [2.24, 2.45) is 0 Å². The topological polar surface area (TPSA) is 69.6 Å². The van der Waals surface area contributed by atoms with Crippen LogP contribution in [0.4, 0.5) is 0 Å². The van der Waals surface area contributed by atoms with Crippen LogP contribution >= 0.6 is 0 Å². The number of nitrogens with one attached hydrogen (secondary N) is 1. The molecule has 0 radical (unpaired) electrons. The smallest absolute Gasteiger partial charge is 0.220 e. The first-order valence-electron chi connectivity index (χ1n) is 22.9. The molecule has 0 aliphatic carbocycles. The van der Waals surface area contributed by atoms with Gasteiger partial charge in [-0.25, -0.2) is 0 Å². The van der Waals surface area contributed by atoms with Gasteiger partial charge in [-0.15, -0.1) is 0 Å². The van der Waals surface area contributed by atoms with Crippen molar-refractivity contribution >= 4 is 5.91 Å². The Bertz CT molecular complexity index is 680. The van der Waals surface area contributed by atoms with Gasteiger partial charge in [-0.2, -0.15) is 0 Å². The van der Waals surface area contributed by atoms with E-state index >= 15 is 0 Å². The molecule has 2 unspecified atom stereocenters. The second-order valence-electron chi connectivity index (χ2n) is 15.8. The van der Waals surface area contributed by atoms with E-state index in [2.05, 4.69) is 19.2 Å². The van der Waals surface area contributed by atoms with E-state index in [0.29, 0.717) is 6.42 Å². The minimum Gasteiger partial charge on any atom is -0.394 e. The van der Waals surface area contributed by atoms with E-state index in [-0.39, 0.29) is 12.5 Å². The monoisotopic (exact) mass is 706 g/mol. The molecule has 4 heteroatoms. The van der Waals surface area contributed by atoms with Gasteiger partial charge in [0.15, 0.2) is 0 Å². The summed E-state index contributed by atoms with van der Waals surface area (Å²) in [7, 11) is 0. The van der Waals surface area contributed by atoms with Crippen molar-refractivity contribution in [3.63, 3.8) is 0 Å². The molecular weight excluding hydrogens is 615 g/mol. The third-order valence-electron chi connectivity index (χ3n) is 10.8. The Balaban J connectivity index is 3.46. The molecule has 0 aromatic carbocycles. The van der Waals surface area contributed by atoms with Crippen LogP contribution in [0.5, 0.6) is 0 Å². The molecule has 0 heterocycles. The van der Waals surface area contributed by atoms with Crippen LogP contribution in [0, 0.1) is 0 Å². The predicted octanol–water partition coefficient (Wildman–Crippen LogP) is 14.2. The van der Waals surface area contributed by atoms with Crippen LogP contribution in [0.15, 0.2) is 12.2 Å². The van der Waals surface area contributed by atoms with Gasteiger partial charge in [0, 0.05) is 6.42 Å². The third-order valence-corrected chi connectivity index (χ3v) is 10.8. The lowest BCUT2D eigenvalue weighted by Gasteiger charge is -2.20. The molecule has 0 fully saturated rings. The van der Waals surface area contributed by atoms with Crippen molar-refractivity contribution in [1.29, 1.82) is 0 Å². The third kappa shape index (κ3) is 38.4. The highest BCUT2D eigenvalue weighted by atomic mass is 16.3. The maximum Gasteiger partial charge on any atom is 0.220 e. The fourth-order valence-corrected chi connectivity index (χ4v) is 7.24. The second-order valence-corrected chi connectivity index (χ2v) is 15.8. The van der Waals surface area contributed by atoms with Gasteiger partial charge < -0.3 is 15.5 Å². The molecule has 298 valence electrons. The molecule has 0 aromatic heterocycles. The summed E-state index contributed by atoms with van der Waals surface area (Å²) in [5.74, 6) is -0.0593. The number of aliphatic hydroxyl groups is 2. The molecular formula is C46H91NO3. The number of allylic oxidation sites excluding steroid dienone is 1. The number of amides is 1. The molecule has 4 nitrogen and oxygen atoms in total. The van der Waals surface area contributed by atoms with E-state index in [1.165, 1.54) is 212 Å². The summed E-state index contributed by atoms with van der Waals surface area (Å²) in [4.78, 5) is 12.4. The highest BCUT2D eigenvalue weighted by Gasteiger charge is 2.17. The van der Waals surface area contributed by atoms with Gasteiger partial charge in [0.1, 0.15) is 0 Å². The molecule has 3 N–H and O–H groups in total. The highest BCUT2D eigenvalue weighted by molar-refractivity contribution is 5.76. The molecule has 0 bridgehead atoms. The molecule has 1 amide bonds. The van der Waals surface area contributed by atoms with Gasteiger partial charge >= 0.3 is 0 Å². The van der Waals surface area contributed by atoms with Crippen LogP contribution in [0.1, 0.15) is 258 Å². The maximum atomic E-state index is 12.4. The van der Waals surface area contributed by atoms with Crippen molar-refractivity contribution in [1.82, 2.24) is 5.32 Å². The van der Waals surface area contributed by atoms with Gasteiger partial charge in [0.05, 0.1) is 18.8 Å². The van der Waals surface area contributed by atoms with Gasteiger partial charge in [0.25, 0.3) is 0 Å². The lowest BCUT2D eigenvalue weighted by molar-refractivity contribution is -0.123. The summed E-state index contributed by atoms with van der Waals surface area (Å²) in [5.41, 5.74) is 0. The predicted molar refractivity (Wildman–Crippen MR) is 221 cm³/mol. The number of unbranched alkanes of at least 4 members (excludes halogenated alkanes) is 35. The first kappa shape index (κ1) is 49.1. The average molecular weight is 706 g/mol. The first-order chi connectivity index (χ1) is 24.7. The van der Waals surface area contributed by atoms with Crippen molar-refractivity contribution < 1.29 is 15.0 Å². The zero-order chi connectivity index (χ0) is 36.4. The van der Waals surface area contributed by atoms with E-state index in [9.17, 15) is 15.0 Å². The zero-order valence-corrected chi connectivity index (χ0v) is 34.2. The standard InChI is InChI=1S/C46H91NO3/c1-3-5-7-9-11-13-15-17-18-19-20-21-22-23-24-25-26-27-28-30-32-34-36-38-40-42-46(50)47-44(43-48)45(49)41-39-37-35-33-31-29-16-14-12-10-8-6-4-2/h39,41,44-45,48-49H,3-38,40,42-43H2,1-2H3,(H,47,50)/b41-39+. The molecule has 0 saturated carbocycles. The summed E-state index contributed by atoms with van der Waals surface area (Å²) in [6.07, 6.45) is 53.3. The van der Waals surface area contributed by atoms with Crippen LogP contribution in [-0.4, -0.2) is 34.9 Å². The van der Waals surface area contributed by atoms with Gasteiger partial charge in [-0.1, -0.05) is 244 Å². The van der Waals surface area contributed by atoms with Gasteiger partial charge in [0.2, 0.25) is 5.91 Å². The van der Waals surface area contributed by atoms with E-state index in [0.717, 1.165) is 25.7 Å². The van der Waals surface area contributed by atoms with E-state index in [1.54, 1.807) is 6.08 Å². The van der Waals surface area contributed by atoms with Gasteiger partial charge in [-0.3, -0.25) is 4.79 Å². The van der Waals surface area contributed by atoms with Gasteiger partial charge in [-0.05, 0) is 19.3 Å². The Labute approximate surface area is 314 Å². The summed E-state index contributed by atoms with van der Waals surface area (Å²) < 4.78 is 0. The Morgan fingerprint density at radius 3 is 1.04 bits per heavy atom. The van der Waals surface area contributed by atoms with Crippen LogP contribution in [0.3, 0.4) is 0 Å². The molecule has 0 rings (SSSR count). The molecule has 50 heavy (non-hydrogen) atoms. The summed E-state index contributed by atoms with van der Waals surface area (Å²) in [6.45, 7) is 4.32. The number of rotatable bonds is 42. The molecule has 0 aliphatic heterocycles. The van der Waals surface area contributed by atoms with Crippen molar-refractivity contribution in [2.45, 2.75) is 270 Å². The minimum absolute atomic E-state index is 0.0593. The molecule has 0 aromatic rings. The number of carbonyl (C=O) groups is 1. The Kier molecular flexibility index (Phi) is 41.8. The first-order valence-corrected chi connectivity index (χ1v) is 22.9. The lowest BCUT2D eigenvalue weighted by Crippen LogP contribution is -2.45. The number of hydrogen-bond acceptors (Lipinski definition) is 3. The largest absolute Gasteiger partial charge is 0.394 e. The molecule has 0 spiro atoms. The van der Waals surface area contributed by atoms with E-state index < -0.39 is 12.1 Å². The molecule has 0 aliphatic rings. The van der Waals surface area contributed by atoms with Crippen molar-refractivity contribution in [2.75, 3.05) is 6.61 Å². The van der Waals surface area contributed by atoms with Crippen molar-refractivity contribution in [3.05, 3.63) is 12.2 Å². The lowest BCUT2D eigenvalue weighted by atomic mass is 10.0. The SMILES string of the molecule is CCCCCCCCCCCCC/C=C/C(O)C(CO)NC(=O)CCCCCCCCCCCCCCCCCCCCCCCCCCC. The Morgan fingerprint density at radius 2 is 0.740 bits per heavy atom. The Morgan fingerprint density at radius 1 is 0.460 bits per heavy atom. The Hall–Kier alpha value is -0.870. The second kappa shape index (κ2) is 42.5. The molecule has 2 atom stereocenters. The normalized spacial score (nSPS) is 13.0. The fourth-order valence-electron chi connectivity index (χ4n) is 7.24. The van der Waals surface area contributed by atoms with Crippen LogP contribution in [0.2, 0.25) is 0 Å². The minimum atomic E-state index is -0.833. The highest BCUT2D eigenvalue weighted by Crippen LogP contribution is 2.17.